The minimum Gasteiger partial charge on any atom is -0.377 e. The number of aryl methyl sites for hydroxylation is 1. The fourth-order valence-electron chi connectivity index (χ4n) is 2.49. The molecule has 1 aliphatic rings. The van der Waals surface area contributed by atoms with Crippen LogP contribution in [0.4, 0.5) is 11.4 Å². The van der Waals surface area contributed by atoms with Crippen molar-refractivity contribution in [2.75, 3.05) is 23.9 Å². The van der Waals surface area contributed by atoms with Crippen molar-refractivity contribution in [2.24, 2.45) is 0 Å². The first-order valence-electron chi connectivity index (χ1n) is 6.74. The number of hydrogen-bond acceptors (Lipinski definition) is 3. The number of hydrogen-bond donors (Lipinski definition) is 1. The van der Waals surface area contributed by atoms with Gasteiger partial charge in [-0.05, 0) is 38.5 Å². The molecule has 2 amide bonds. The number of piperazine rings is 1. The molecule has 0 bridgehead atoms. The summed E-state index contributed by atoms with van der Waals surface area (Å²) in [5.74, 6) is -0.199. The zero-order valence-corrected chi connectivity index (χ0v) is 12.6. The van der Waals surface area contributed by atoms with Crippen molar-refractivity contribution in [3.63, 3.8) is 0 Å². The van der Waals surface area contributed by atoms with E-state index in [0.717, 1.165) is 16.9 Å². The van der Waals surface area contributed by atoms with Crippen LogP contribution in [0.25, 0.3) is 0 Å². The lowest BCUT2D eigenvalue weighted by atomic mass is 10.1. The molecule has 0 saturated carbocycles. The van der Waals surface area contributed by atoms with Gasteiger partial charge >= 0.3 is 0 Å². The molecule has 1 aliphatic heterocycles. The van der Waals surface area contributed by atoms with Crippen LogP contribution in [0, 0.1) is 6.92 Å². The van der Waals surface area contributed by atoms with E-state index in [9.17, 15) is 9.59 Å². The smallest absolute Gasteiger partial charge is 0.250 e. The lowest BCUT2D eigenvalue weighted by Crippen LogP contribution is -2.61. The Morgan fingerprint density at radius 1 is 1.20 bits per heavy atom. The molecule has 5 heteroatoms. The molecule has 1 N–H and O–H groups in total. The fourth-order valence-corrected chi connectivity index (χ4v) is 2.49. The van der Waals surface area contributed by atoms with Crippen LogP contribution >= 0.6 is 0 Å². The van der Waals surface area contributed by atoms with Gasteiger partial charge in [0.25, 0.3) is 0 Å². The second-order valence-corrected chi connectivity index (χ2v) is 5.48. The lowest BCUT2D eigenvalue weighted by Gasteiger charge is -2.36. The van der Waals surface area contributed by atoms with Gasteiger partial charge in [-0.3, -0.25) is 14.5 Å². The molecule has 5 nitrogen and oxygen atoms in total. The van der Waals surface area contributed by atoms with Gasteiger partial charge in [-0.25, -0.2) is 0 Å². The summed E-state index contributed by atoms with van der Waals surface area (Å²) in [4.78, 5) is 27.8. The van der Waals surface area contributed by atoms with Crippen molar-refractivity contribution in [3.05, 3.63) is 23.8 Å². The van der Waals surface area contributed by atoms with Crippen molar-refractivity contribution in [1.29, 1.82) is 0 Å². The van der Waals surface area contributed by atoms with Gasteiger partial charge in [-0.15, -0.1) is 0 Å². The van der Waals surface area contributed by atoms with E-state index in [2.05, 4.69) is 5.32 Å². The van der Waals surface area contributed by atoms with Crippen LogP contribution in [0.3, 0.4) is 0 Å². The standard InChI is InChI=1S/C15H21N3O2/c1-9-6-7-12(8-13(9)17(4)5)18-11(3)14(19)16-10(2)15(18)20/h6-8,10-11H,1-5H3,(H,16,19). The van der Waals surface area contributed by atoms with E-state index >= 15 is 0 Å². The molecular formula is C15H21N3O2. The van der Waals surface area contributed by atoms with E-state index in [0.29, 0.717) is 0 Å². The number of benzene rings is 1. The fraction of sp³-hybridized carbons (Fsp3) is 0.467. The number of nitrogens with one attached hydrogen (secondary N) is 1. The number of anilines is 2. The number of carbonyl (C=O) groups is 2. The highest BCUT2D eigenvalue weighted by atomic mass is 16.2. The van der Waals surface area contributed by atoms with Gasteiger partial charge in [-0.2, -0.15) is 0 Å². The van der Waals surface area contributed by atoms with Crippen LogP contribution in [0.15, 0.2) is 18.2 Å². The predicted molar refractivity (Wildman–Crippen MR) is 80.1 cm³/mol. The molecule has 1 aromatic rings. The van der Waals surface area contributed by atoms with Gasteiger partial charge in [0, 0.05) is 25.5 Å². The molecule has 1 saturated heterocycles. The second kappa shape index (κ2) is 5.15. The van der Waals surface area contributed by atoms with E-state index in [-0.39, 0.29) is 11.8 Å². The van der Waals surface area contributed by atoms with Crippen LogP contribution in [0.2, 0.25) is 0 Å². The highest BCUT2D eigenvalue weighted by Gasteiger charge is 2.36. The van der Waals surface area contributed by atoms with Crippen LogP contribution in [-0.2, 0) is 9.59 Å². The topological polar surface area (TPSA) is 52.7 Å². The molecule has 2 unspecified atom stereocenters. The minimum atomic E-state index is -0.489. The Balaban J connectivity index is 2.46. The lowest BCUT2D eigenvalue weighted by molar-refractivity contribution is -0.133. The molecular weight excluding hydrogens is 254 g/mol. The zero-order valence-electron chi connectivity index (χ0n) is 12.6. The Morgan fingerprint density at radius 3 is 2.45 bits per heavy atom. The Labute approximate surface area is 119 Å². The summed E-state index contributed by atoms with van der Waals surface area (Å²) in [7, 11) is 3.92. The molecule has 0 aromatic heterocycles. The van der Waals surface area contributed by atoms with E-state index < -0.39 is 12.1 Å². The first kappa shape index (κ1) is 14.4. The number of carbonyl (C=O) groups excluding carboxylic acids is 2. The van der Waals surface area contributed by atoms with Crippen molar-refractivity contribution in [2.45, 2.75) is 32.9 Å². The van der Waals surface area contributed by atoms with Gasteiger partial charge in [0.1, 0.15) is 12.1 Å². The quantitative estimate of drug-likeness (QED) is 0.885. The normalized spacial score (nSPS) is 22.8. The molecule has 108 valence electrons. The monoisotopic (exact) mass is 275 g/mol. The molecule has 1 fully saturated rings. The third-order valence-corrected chi connectivity index (χ3v) is 3.69. The number of rotatable bonds is 2. The Bertz CT molecular complexity index is 554. The van der Waals surface area contributed by atoms with Crippen molar-refractivity contribution >= 4 is 23.2 Å². The summed E-state index contributed by atoms with van der Waals surface area (Å²) < 4.78 is 0. The van der Waals surface area contributed by atoms with Crippen molar-refractivity contribution < 1.29 is 9.59 Å². The van der Waals surface area contributed by atoms with Gasteiger partial charge < -0.3 is 10.2 Å². The van der Waals surface area contributed by atoms with Crippen LogP contribution in [0.5, 0.6) is 0 Å². The molecule has 2 atom stereocenters. The highest BCUT2D eigenvalue weighted by Crippen LogP contribution is 2.28. The predicted octanol–water partition coefficient (Wildman–Crippen LogP) is 1.30. The third-order valence-electron chi connectivity index (χ3n) is 3.69. The van der Waals surface area contributed by atoms with E-state index in [1.54, 1.807) is 18.7 Å². The van der Waals surface area contributed by atoms with Crippen LogP contribution in [-0.4, -0.2) is 38.0 Å². The Kier molecular flexibility index (Phi) is 3.70. The maximum atomic E-state index is 12.3. The first-order chi connectivity index (χ1) is 9.32. The third kappa shape index (κ3) is 2.35. The van der Waals surface area contributed by atoms with Gasteiger partial charge in [0.2, 0.25) is 11.8 Å². The second-order valence-electron chi connectivity index (χ2n) is 5.48. The summed E-state index contributed by atoms with van der Waals surface area (Å²) in [5, 5.41) is 2.69. The Hall–Kier alpha value is -2.04. The first-order valence-corrected chi connectivity index (χ1v) is 6.74. The summed E-state index contributed by atoms with van der Waals surface area (Å²) in [6, 6.07) is 4.85. The molecule has 20 heavy (non-hydrogen) atoms. The summed E-state index contributed by atoms with van der Waals surface area (Å²) in [5.41, 5.74) is 2.94. The zero-order chi connectivity index (χ0) is 15.0. The number of amides is 2. The number of nitrogens with zero attached hydrogens (tertiary/aromatic N) is 2. The summed E-state index contributed by atoms with van der Waals surface area (Å²) in [6.07, 6.45) is 0. The molecule has 0 radical (unpaired) electrons. The van der Waals surface area contributed by atoms with Crippen molar-refractivity contribution in [1.82, 2.24) is 5.32 Å². The average molecular weight is 275 g/mol. The largest absolute Gasteiger partial charge is 0.377 e. The highest BCUT2D eigenvalue weighted by molar-refractivity contribution is 6.08. The maximum absolute atomic E-state index is 12.3. The van der Waals surface area contributed by atoms with Gasteiger partial charge in [0.15, 0.2) is 0 Å². The SMILES string of the molecule is Cc1ccc(N2C(=O)C(C)NC(=O)C2C)cc1N(C)C. The van der Waals surface area contributed by atoms with Crippen LogP contribution in [0.1, 0.15) is 19.4 Å². The molecule has 1 heterocycles. The van der Waals surface area contributed by atoms with Gasteiger partial charge in [0.05, 0.1) is 0 Å². The molecule has 2 rings (SSSR count). The minimum absolute atomic E-state index is 0.0781. The summed E-state index contributed by atoms with van der Waals surface area (Å²) in [6.45, 7) is 5.48. The average Bonchev–Trinajstić information content (AvgIpc) is 2.38. The van der Waals surface area contributed by atoms with Gasteiger partial charge in [-0.1, -0.05) is 6.07 Å². The molecule has 1 aromatic carbocycles. The van der Waals surface area contributed by atoms with Crippen molar-refractivity contribution in [3.8, 4) is 0 Å². The maximum Gasteiger partial charge on any atom is 0.250 e. The van der Waals surface area contributed by atoms with E-state index in [4.69, 9.17) is 0 Å². The summed E-state index contributed by atoms with van der Waals surface area (Å²) >= 11 is 0. The molecule has 0 spiro atoms. The van der Waals surface area contributed by atoms with E-state index in [1.165, 1.54) is 0 Å². The Morgan fingerprint density at radius 2 is 1.85 bits per heavy atom. The van der Waals surface area contributed by atoms with Crippen LogP contribution < -0.4 is 15.1 Å². The van der Waals surface area contributed by atoms with E-state index in [1.807, 2.05) is 44.1 Å². The molecule has 0 aliphatic carbocycles.